The van der Waals surface area contributed by atoms with Crippen molar-refractivity contribution in [1.29, 1.82) is 0 Å². The van der Waals surface area contributed by atoms with Gasteiger partial charge in [0, 0.05) is 7.05 Å². The first-order chi connectivity index (χ1) is 12.2. The van der Waals surface area contributed by atoms with Crippen LogP contribution in [0.15, 0.2) is 48.5 Å². The van der Waals surface area contributed by atoms with Crippen molar-refractivity contribution in [2.24, 2.45) is 5.92 Å². The van der Waals surface area contributed by atoms with E-state index in [-0.39, 0.29) is 17.9 Å². The molecular weight excluding hydrogens is 318 g/mol. The third-order valence-corrected chi connectivity index (χ3v) is 4.65. The number of para-hydroxylation sites is 3. The molecule has 2 atom stereocenters. The molecule has 0 saturated heterocycles. The lowest BCUT2D eigenvalue weighted by molar-refractivity contribution is -0.137. The Bertz CT molecular complexity index is 776. The number of likely N-dealkylation sites (N-methyl/N-ethyl adjacent to an activating group) is 1. The largest absolute Gasteiger partial charge is 0.492 e. The normalized spacial score (nSPS) is 21.0. The zero-order valence-corrected chi connectivity index (χ0v) is 14.2. The molecule has 2 aromatic carbocycles. The van der Waals surface area contributed by atoms with Crippen LogP contribution >= 0.6 is 0 Å². The van der Waals surface area contributed by atoms with E-state index in [1.807, 2.05) is 55.6 Å². The summed E-state index contributed by atoms with van der Waals surface area (Å²) in [6, 6.07) is 15.5. The Labute approximate surface area is 147 Å². The van der Waals surface area contributed by atoms with Gasteiger partial charge in [-0.2, -0.15) is 0 Å². The fourth-order valence-electron chi connectivity index (χ4n) is 3.35. The number of hydrogen-bond acceptors (Lipinski definition) is 4. The third kappa shape index (κ3) is 3.27. The fourth-order valence-corrected chi connectivity index (χ4v) is 3.35. The molecule has 5 nitrogen and oxygen atoms in total. The van der Waals surface area contributed by atoms with Gasteiger partial charge in [0.1, 0.15) is 19.0 Å². The molecular formula is C20H21NO4. The highest BCUT2D eigenvalue weighted by atomic mass is 16.6. The summed E-state index contributed by atoms with van der Waals surface area (Å²) < 4.78 is 17.4. The fraction of sp³-hybridized carbons (Fsp3) is 0.350. The lowest BCUT2D eigenvalue weighted by Gasteiger charge is -2.32. The smallest absolute Gasteiger partial charge is 0.229 e. The molecule has 5 heteroatoms. The summed E-state index contributed by atoms with van der Waals surface area (Å²) in [4.78, 5) is 14.5. The van der Waals surface area contributed by atoms with Crippen LogP contribution in [0.4, 0.5) is 0 Å². The molecule has 2 heterocycles. The third-order valence-electron chi connectivity index (χ3n) is 4.65. The Hall–Kier alpha value is -2.69. The molecule has 0 spiro atoms. The van der Waals surface area contributed by atoms with E-state index < -0.39 is 0 Å². The van der Waals surface area contributed by atoms with Gasteiger partial charge in [-0.1, -0.05) is 30.3 Å². The lowest BCUT2D eigenvalue weighted by atomic mass is 9.95. The number of amides is 1. The van der Waals surface area contributed by atoms with Gasteiger partial charge in [-0.05, 0) is 30.2 Å². The molecule has 0 bridgehead atoms. The first-order valence-electron chi connectivity index (χ1n) is 8.55. The van der Waals surface area contributed by atoms with Crippen LogP contribution in [0.25, 0.3) is 0 Å². The Morgan fingerprint density at radius 1 is 1.00 bits per heavy atom. The minimum absolute atomic E-state index is 0.0805. The summed E-state index contributed by atoms with van der Waals surface area (Å²) in [5.41, 5.74) is 1.09. The van der Waals surface area contributed by atoms with Crippen molar-refractivity contribution in [2.45, 2.75) is 12.5 Å². The number of carbonyl (C=O) groups excluding carboxylic acids is 1. The van der Waals surface area contributed by atoms with Gasteiger partial charge in [0.15, 0.2) is 17.6 Å². The van der Waals surface area contributed by atoms with E-state index >= 15 is 0 Å². The first kappa shape index (κ1) is 15.8. The second-order valence-corrected chi connectivity index (χ2v) is 6.54. The van der Waals surface area contributed by atoms with Crippen LogP contribution in [0.3, 0.4) is 0 Å². The minimum atomic E-state index is -0.166. The van der Waals surface area contributed by atoms with Crippen molar-refractivity contribution < 1.29 is 19.0 Å². The van der Waals surface area contributed by atoms with Crippen LogP contribution in [0.5, 0.6) is 17.2 Å². The van der Waals surface area contributed by atoms with Gasteiger partial charge < -0.3 is 19.1 Å². The molecule has 25 heavy (non-hydrogen) atoms. The van der Waals surface area contributed by atoms with Crippen molar-refractivity contribution in [3.8, 4) is 17.2 Å². The minimum Gasteiger partial charge on any atom is -0.492 e. The van der Waals surface area contributed by atoms with Gasteiger partial charge >= 0.3 is 0 Å². The van der Waals surface area contributed by atoms with Gasteiger partial charge in [-0.25, -0.2) is 0 Å². The molecule has 0 saturated carbocycles. The van der Waals surface area contributed by atoms with Gasteiger partial charge in [-0.3, -0.25) is 4.79 Å². The number of nitrogens with zero attached hydrogens (tertiary/aromatic N) is 1. The van der Waals surface area contributed by atoms with Crippen LogP contribution in [-0.2, 0) is 11.2 Å². The summed E-state index contributed by atoms with van der Waals surface area (Å²) >= 11 is 0. The SMILES string of the molecule is CN(C[C@H]1COc2ccccc2O1)C(=O)[C@@H]1COc2ccccc2C1. The molecule has 0 N–H and O–H groups in total. The molecule has 0 aromatic heterocycles. The van der Waals surface area contributed by atoms with Crippen molar-refractivity contribution in [3.63, 3.8) is 0 Å². The van der Waals surface area contributed by atoms with Crippen LogP contribution in [0.1, 0.15) is 5.56 Å². The number of hydrogen-bond donors (Lipinski definition) is 0. The van der Waals surface area contributed by atoms with Crippen LogP contribution < -0.4 is 14.2 Å². The molecule has 2 aliphatic heterocycles. The highest BCUT2D eigenvalue weighted by Gasteiger charge is 2.30. The quantitative estimate of drug-likeness (QED) is 0.862. The zero-order valence-electron chi connectivity index (χ0n) is 14.2. The molecule has 1 amide bonds. The second-order valence-electron chi connectivity index (χ2n) is 6.54. The monoisotopic (exact) mass is 339 g/mol. The maximum Gasteiger partial charge on any atom is 0.229 e. The maximum atomic E-state index is 12.8. The number of rotatable bonds is 3. The van der Waals surface area contributed by atoms with E-state index in [1.165, 1.54) is 0 Å². The average molecular weight is 339 g/mol. The summed E-state index contributed by atoms with van der Waals surface area (Å²) in [7, 11) is 1.81. The molecule has 4 rings (SSSR count). The van der Waals surface area contributed by atoms with Gasteiger partial charge in [0.25, 0.3) is 0 Å². The molecule has 2 aliphatic rings. The molecule has 0 aliphatic carbocycles. The summed E-state index contributed by atoms with van der Waals surface area (Å²) in [5.74, 6) is 2.29. The topological polar surface area (TPSA) is 48.0 Å². The maximum absolute atomic E-state index is 12.8. The van der Waals surface area contributed by atoms with Gasteiger partial charge in [0.05, 0.1) is 12.5 Å². The number of ether oxygens (including phenoxy) is 3. The average Bonchev–Trinajstić information content (AvgIpc) is 2.67. The van der Waals surface area contributed by atoms with Gasteiger partial charge in [-0.15, -0.1) is 0 Å². The summed E-state index contributed by atoms with van der Waals surface area (Å²) in [5, 5.41) is 0. The van der Waals surface area contributed by atoms with Gasteiger partial charge in [0.2, 0.25) is 5.91 Å². The summed E-state index contributed by atoms with van der Waals surface area (Å²) in [6.07, 6.45) is 0.546. The van der Waals surface area contributed by atoms with E-state index in [9.17, 15) is 4.79 Å². The number of benzene rings is 2. The molecule has 0 unspecified atom stereocenters. The van der Waals surface area contributed by atoms with E-state index in [4.69, 9.17) is 14.2 Å². The van der Waals surface area contributed by atoms with Crippen LogP contribution in [0.2, 0.25) is 0 Å². The van der Waals surface area contributed by atoms with E-state index in [1.54, 1.807) is 4.90 Å². The number of fused-ring (bicyclic) bond motifs is 2. The number of carbonyl (C=O) groups is 1. The van der Waals surface area contributed by atoms with Crippen LogP contribution in [-0.4, -0.2) is 43.7 Å². The molecule has 130 valence electrons. The predicted octanol–water partition coefficient (Wildman–Crippen LogP) is 2.54. The standard InChI is InChI=1S/C20H21NO4/c1-21(11-16-13-24-18-8-4-5-9-19(18)25-16)20(22)15-10-14-6-2-3-7-17(14)23-12-15/h2-9,15-16H,10-13H2,1H3/t15-,16-/m0/s1. The second kappa shape index (κ2) is 6.67. The Morgan fingerprint density at radius 2 is 1.68 bits per heavy atom. The Balaban J connectivity index is 1.37. The van der Waals surface area contributed by atoms with E-state index in [0.29, 0.717) is 26.2 Å². The Kier molecular flexibility index (Phi) is 4.22. The van der Waals surface area contributed by atoms with E-state index in [0.717, 1.165) is 22.8 Å². The van der Waals surface area contributed by atoms with Crippen molar-refractivity contribution in [3.05, 3.63) is 54.1 Å². The highest BCUT2D eigenvalue weighted by Crippen LogP contribution is 2.31. The summed E-state index contributed by atoms with van der Waals surface area (Å²) in [6.45, 7) is 1.36. The molecule has 2 aromatic rings. The predicted molar refractivity (Wildman–Crippen MR) is 93.1 cm³/mol. The van der Waals surface area contributed by atoms with Crippen molar-refractivity contribution >= 4 is 5.91 Å². The van der Waals surface area contributed by atoms with Crippen molar-refractivity contribution in [1.82, 2.24) is 4.90 Å². The highest BCUT2D eigenvalue weighted by molar-refractivity contribution is 5.79. The van der Waals surface area contributed by atoms with Crippen molar-refractivity contribution in [2.75, 3.05) is 26.8 Å². The first-order valence-corrected chi connectivity index (χ1v) is 8.55. The lowest BCUT2D eigenvalue weighted by Crippen LogP contribution is -2.45. The van der Waals surface area contributed by atoms with E-state index in [2.05, 4.69) is 0 Å². The zero-order chi connectivity index (χ0) is 17.2. The molecule has 0 fully saturated rings. The van der Waals surface area contributed by atoms with Crippen LogP contribution in [0, 0.1) is 5.92 Å². The molecule has 0 radical (unpaired) electrons. The Morgan fingerprint density at radius 3 is 2.52 bits per heavy atom.